The summed E-state index contributed by atoms with van der Waals surface area (Å²) in [7, 11) is -1.22. The van der Waals surface area contributed by atoms with Crippen molar-refractivity contribution in [3.8, 4) is 17.2 Å². The third kappa shape index (κ3) is 5.83. The zero-order chi connectivity index (χ0) is 26.4. The number of rotatable bonds is 10. The molecule has 3 aromatic carbocycles. The molecule has 4 rings (SSSR count). The first-order valence-corrected chi connectivity index (χ1v) is 13.7. The molecule has 1 aliphatic rings. The summed E-state index contributed by atoms with van der Waals surface area (Å²) in [4.78, 5) is 13.3. The lowest BCUT2D eigenvalue weighted by atomic mass is 9.88. The number of carbonyl (C=O) groups excluding carboxylic acids is 1. The second-order valence-corrected chi connectivity index (χ2v) is 10.5. The topological polar surface area (TPSA) is 94.2 Å². The minimum absolute atomic E-state index is 0.0187. The summed E-state index contributed by atoms with van der Waals surface area (Å²) >= 11 is 0. The van der Waals surface area contributed by atoms with Crippen LogP contribution in [0.15, 0.2) is 71.6 Å². The van der Waals surface area contributed by atoms with E-state index in [0.29, 0.717) is 23.8 Å². The number of fused-ring (bicyclic) bond motifs is 1. The van der Waals surface area contributed by atoms with E-state index in [1.165, 1.54) is 38.0 Å². The predicted octanol–water partition coefficient (Wildman–Crippen LogP) is 4.49. The van der Waals surface area contributed by atoms with E-state index in [4.69, 9.17) is 14.2 Å². The molecule has 0 bridgehead atoms. The molecule has 0 heterocycles. The van der Waals surface area contributed by atoms with E-state index in [0.717, 1.165) is 29.1 Å². The van der Waals surface area contributed by atoms with Gasteiger partial charge in [0, 0.05) is 6.07 Å². The normalized spacial score (nSPS) is 14.8. The van der Waals surface area contributed by atoms with Gasteiger partial charge in [0.2, 0.25) is 5.91 Å². The fraction of sp³-hybridized carbons (Fsp3) is 0.321. The summed E-state index contributed by atoms with van der Waals surface area (Å²) in [5.41, 5.74) is 2.63. The van der Waals surface area contributed by atoms with Crippen molar-refractivity contribution in [2.45, 2.75) is 37.1 Å². The number of nitrogens with one attached hydrogen (secondary N) is 1. The number of methoxy groups -OCH3 is 2. The van der Waals surface area contributed by atoms with Crippen LogP contribution in [-0.2, 0) is 21.2 Å². The summed E-state index contributed by atoms with van der Waals surface area (Å²) < 4.78 is 44.9. The summed E-state index contributed by atoms with van der Waals surface area (Å²) in [5, 5.41) is 3.06. The Morgan fingerprint density at radius 3 is 2.43 bits per heavy atom. The number of nitrogens with zero attached hydrogens (tertiary/aromatic N) is 1. The van der Waals surface area contributed by atoms with Crippen LogP contribution in [0.3, 0.4) is 0 Å². The van der Waals surface area contributed by atoms with Crippen LogP contribution in [0.4, 0.5) is 5.69 Å². The first-order valence-electron chi connectivity index (χ1n) is 12.2. The molecular weight excluding hydrogens is 492 g/mol. The van der Waals surface area contributed by atoms with E-state index < -0.39 is 10.0 Å². The van der Waals surface area contributed by atoms with Gasteiger partial charge in [-0.15, -0.1) is 0 Å². The zero-order valence-electron chi connectivity index (χ0n) is 21.3. The molecule has 0 saturated carbocycles. The Hall–Kier alpha value is -3.72. The zero-order valence-corrected chi connectivity index (χ0v) is 22.1. The maximum Gasteiger partial charge on any atom is 0.264 e. The number of hydrogen-bond acceptors (Lipinski definition) is 6. The second-order valence-electron chi connectivity index (χ2n) is 8.67. The molecule has 0 spiro atoms. The molecule has 0 saturated heterocycles. The third-order valence-corrected chi connectivity index (χ3v) is 8.14. The number of sulfonamides is 1. The van der Waals surface area contributed by atoms with E-state index in [2.05, 4.69) is 11.4 Å². The summed E-state index contributed by atoms with van der Waals surface area (Å²) in [6, 6.07) is 18.9. The Kier molecular flexibility index (Phi) is 8.23. The molecule has 0 radical (unpaired) electrons. The average molecular weight is 525 g/mol. The van der Waals surface area contributed by atoms with E-state index in [1.54, 1.807) is 24.3 Å². The smallest absolute Gasteiger partial charge is 0.264 e. The maximum atomic E-state index is 13.9. The van der Waals surface area contributed by atoms with Crippen LogP contribution in [0.5, 0.6) is 17.2 Å². The molecule has 3 aromatic rings. The Morgan fingerprint density at radius 1 is 1.00 bits per heavy atom. The van der Waals surface area contributed by atoms with Crippen LogP contribution in [-0.4, -0.2) is 41.7 Å². The Morgan fingerprint density at radius 2 is 1.73 bits per heavy atom. The molecular formula is C28H32N2O6S. The predicted molar refractivity (Wildman–Crippen MR) is 142 cm³/mol. The number of carbonyl (C=O) groups is 1. The largest absolute Gasteiger partial charge is 0.494 e. The van der Waals surface area contributed by atoms with Crippen molar-refractivity contribution in [3.05, 3.63) is 77.9 Å². The highest BCUT2D eigenvalue weighted by Crippen LogP contribution is 2.33. The maximum absolute atomic E-state index is 13.9. The molecule has 196 valence electrons. The number of ether oxygens (including phenoxy) is 3. The van der Waals surface area contributed by atoms with Crippen molar-refractivity contribution in [1.82, 2.24) is 5.32 Å². The number of benzene rings is 3. The van der Waals surface area contributed by atoms with Crippen LogP contribution >= 0.6 is 0 Å². The highest BCUT2D eigenvalue weighted by molar-refractivity contribution is 7.92. The fourth-order valence-electron chi connectivity index (χ4n) is 4.57. The number of hydrogen-bond donors (Lipinski definition) is 1. The molecule has 0 fully saturated rings. The van der Waals surface area contributed by atoms with E-state index in [-0.39, 0.29) is 29.1 Å². The van der Waals surface area contributed by atoms with Gasteiger partial charge in [0.1, 0.15) is 12.3 Å². The molecule has 0 aliphatic heterocycles. The number of amides is 1. The minimum atomic E-state index is -4.14. The molecule has 0 aromatic heterocycles. The van der Waals surface area contributed by atoms with Gasteiger partial charge in [0.05, 0.1) is 37.5 Å². The monoisotopic (exact) mass is 524 g/mol. The molecule has 0 unspecified atom stereocenters. The first kappa shape index (κ1) is 26.3. The Balaban J connectivity index is 1.66. The lowest BCUT2D eigenvalue weighted by Gasteiger charge is -2.29. The average Bonchev–Trinajstić information content (AvgIpc) is 2.92. The van der Waals surface area contributed by atoms with Gasteiger partial charge in [-0.25, -0.2) is 8.42 Å². The highest BCUT2D eigenvalue weighted by atomic mass is 32.2. The van der Waals surface area contributed by atoms with Crippen LogP contribution in [0.2, 0.25) is 0 Å². The van der Waals surface area contributed by atoms with Gasteiger partial charge >= 0.3 is 0 Å². The SMILES string of the molecule is CCOc1ccc(N(CC(=O)N[C@H]2CCCc3ccccc32)S(=O)(=O)c2ccc(OC)c(OC)c2)cc1. The van der Waals surface area contributed by atoms with E-state index >= 15 is 0 Å². The summed E-state index contributed by atoms with van der Waals surface area (Å²) in [5.74, 6) is 0.902. The van der Waals surface area contributed by atoms with Gasteiger partial charge in [0.25, 0.3) is 10.0 Å². The van der Waals surface area contributed by atoms with Gasteiger partial charge in [-0.05, 0) is 73.7 Å². The molecule has 37 heavy (non-hydrogen) atoms. The number of aryl methyl sites for hydroxylation is 1. The number of anilines is 1. The van der Waals surface area contributed by atoms with Crippen molar-refractivity contribution in [2.24, 2.45) is 0 Å². The quantitative estimate of drug-likeness (QED) is 0.420. The Bertz CT molecular complexity index is 1340. The molecule has 1 aliphatic carbocycles. The summed E-state index contributed by atoms with van der Waals surface area (Å²) in [6.45, 7) is 1.97. The van der Waals surface area contributed by atoms with Crippen LogP contribution in [0.25, 0.3) is 0 Å². The highest BCUT2D eigenvalue weighted by Gasteiger charge is 2.30. The van der Waals surface area contributed by atoms with Crippen molar-refractivity contribution in [2.75, 3.05) is 31.7 Å². The van der Waals surface area contributed by atoms with Gasteiger partial charge < -0.3 is 19.5 Å². The molecule has 1 atom stereocenters. The third-order valence-electron chi connectivity index (χ3n) is 6.37. The lowest BCUT2D eigenvalue weighted by Crippen LogP contribution is -2.42. The molecule has 8 nitrogen and oxygen atoms in total. The van der Waals surface area contributed by atoms with Crippen molar-refractivity contribution in [1.29, 1.82) is 0 Å². The van der Waals surface area contributed by atoms with Crippen molar-refractivity contribution >= 4 is 21.6 Å². The lowest BCUT2D eigenvalue weighted by molar-refractivity contribution is -0.120. The van der Waals surface area contributed by atoms with Crippen LogP contribution in [0.1, 0.15) is 36.9 Å². The summed E-state index contributed by atoms with van der Waals surface area (Å²) in [6.07, 6.45) is 2.72. The molecule has 1 amide bonds. The van der Waals surface area contributed by atoms with E-state index in [9.17, 15) is 13.2 Å². The van der Waals surface area contributed by atoms with Gasteiger partial charge in [-0.3, -0.25) is 9.10 Å². The van der Waals surface area contributed by atoms with Crippen molar-refractivity contribution < 1.29 is 27.4 Å². The second kappa shape index (κ2) is 11.6. The van der Waals surface area contributed by atoms with Gasteiger partial charge in [-0.1, -0.05) is 24.3 Å². The molecule has 9 heteroatoms. The van der Waals surface area contributed by atoms with Crippen LogP contribution < -0.4 is 23.8 Å². The first-order chi connectivity index (χ1) is 17.9. The standard InChI is InChI=1S/C28H32N2O6S/c1-4-36-22-14-12-21(13-15-22)30(37(32,33)23-16-17-26(34-2)27(18-23)35-3)19-28(31)29-25-11-7-9-20-8-5-6-10-24(20)25/h5-6,8,10,12-18,25H,4,7,9,11,19H2,1-3H3,(H,29,31)/t25-/m0/s1. The van der Waals surface area contributed by atoms with E-state index in [1.807, 2.05) is 25.1 Å². The minimum Gasteiger partial charge on any atom is -0.494 e. The Labute approximate surface area is 218 Å². The van der Waals surface area contributed by atoms with Crippen molar-refractivity contribution in [3.63, 3.8) is 0 Å². The van der Waals surface area contributed by atoms with Gasteiger partial charge in [-0.2, -0.15) is 0 Å². The fourth-order valence-corrected chi connectivity index (χ4v) is 6.01. The van der Waals surface area contributed by atoms with Crippen LogP contribution in [0, 0.1) is 0 Å². The van der Waals surface area contributed by atoms with Gasteiger partial charge in [0.15, 0.2) is 11.5 Å². The molecule has 1 N–H and O–H groups in total.